The molecule has 0 aliphatic carbocycles. The molecule has 9 heteroatoms. The molecule has 7 nitrogen and oxygen atoms in total. The van der Waals surface area contributed by atoms with E-state index >= 15 is 0 Å². The summed E-state index contributed by atoms with van der Waals surface area (Å²) < 4.78 is 37.7. The molecule has 1 aliphatic heterocycles. The summed E-state index contributed by atoms with van der Waals surface area (Å²) in [6.45, 7) is 2.93. The molecule has 1 aromatic carbocycles. The van der Waals surface area contributed by atoms with E-state index in [1.165, 1.54) is 22.3 Å². The maximum Gasteiger partial charge on any atom is 0.336 e. The highest BCUT2D eigenvalue weighted by Gasteiger charge is 2.31. The summed E-state index contributed by atoms with van der Waals surface area (Å²) >= 11 is 1.24. The van der Waals surface area contributed by atoms with Crippen molar-refractivity contribution < 1.29 is 22.5 Å². The number of methoxy groups -OCH3 is 1. The Morgan fingerprint density at radius 2 is 2.00 bits per heavy atom. The van der Waals surface area contributed by atoms with Crippen LogP contribution < -0.4 is 15.3 Å². The molecule has 0 unspecified atom stereocenters. The summed E-state index contributed by atoms with van der Waals surface area (Å²) in [4.78, 5) is 13.2. The van der Waals surface area contributed by atoms with Crippen LogP contribution >= 0.6 is 11.3 Å². The van der Waals surface area contributed by atoms with Gasteiger partial charge in [0.05, 0.1) is 33.3 Å². The van der Waals surface area contributed by atoms with Gasteiger partial charge in [0.15, 0.2) is 0 Å². The van der Waals surface area contributed by atoms with Crippen molar-refractivity contribution in [1.29, 1.82) is 0 Å². The van der Waals surface area contributed by atoms with Gasteiger partial charge in [-0.3, -0.25) is 0 Å². The second-order valence-corrected chi connectivity index (χ2v) is 9.83. The van der Waals surface area contributed by atoms with E-state index in [0.29, 0.717) is 48.3 Å². The molecule has 3 heterocycles. The van der Waals surface area contributed by atoms with Crippen LogP contribution in [0.25, 0.3) is 11.0 Å². The minimum atomic E-state index is -3.40. The van der Waals surface area contributed by atoms with Crippen LogP contribution in [0, 0.1) is 0 Å². The molecule has 28 heavy (non-hydrogen) atoms. The van der Waals surface area contributed by atoms with Crippen LogP contribution in [0.2, 0.25) is 0 Å². The van der Waals surface area contributed by atoms with E-state index in [9.17, 15) is 13.2 Å². The van der Waals surface area contributed by atoms with E-state index in [-0.39, 0.29) is 0 Å². The van der Waals surface area contributed by atoms with E-state index in [0.717, 1.165) is 10.9 Å². The molecular weight excluding hydrogens is 400 g/mol. The number of fused-ring (bicyclic) bond motifs is 1. The first-order valence-corrected chi connectivity index (χ1v) is 11.3. The van der Waals surface area contributed by atoms with Gasteiger partial charge in [-0.15, -0.1) is 11.3 Å². The van der Waals surface area contributed by atoms with Gasteiger partial charge >= 0.3 is 5.63 Å². The van der Waals surface area contributed by atoms with Crippen LogP contribution in [-0.4, -0.2) is 46.0 Å². The second kappa shape index (κ2) is 7.67. The average Bonchev–Trinajstić information content (AvgIpc) is 3.23. The Bertz CT molecular complexity index is 1130. The number of hydrogen-bond acceptors (Lipinski definition) is 6. The van der Waals surface area contributed by atoms with Gasteiger partial charge in [-0.1, -0.05) is 6.07 Å². The van der Waals surface area contributed by atoms with Crippen LogP contribution in [0.3, 0.4) is 0 Å². The zero-order valence-electron chi connectivity index (χ0n) is 15.4. The number of rotatable bonds is 5. The van der Waals surface area contributed by atoms with Crippen molar-refractivity contribution in [2.75, 3.05) is 33.3 Å². The number of ether oxygens (including phenoxy) is 1. The van der Waals surface area contributed by atoms with Crippen molar-refractivity contribution >= 4 is 32.3 Å². The van der Waals surface area contributed by atoms with Gasteiger partial charge in [-0.2, -0.15) is 4.31 Å². The smallest absolute Gasteiger partial charge is 0.336 e. The zero-order chi connectivity index (χ0) is 19.7. The number of quaternary nitrogens is 1. The molecule has 1 aliphatic rings. The van der Waals surface area contributed by atoms with E-state index in [1.54, 1.807) is 35.0 Å². The molecular formula is C19H21N2O5S2+. The monoisotopic (exact) mass is 421 g/mol. The fraction of sp³-hybridized carbons (Fsp3) is 0.316. The lowest BCUT2D eigenvalue weighted by Crippen LogP contribution is -3.13. The van der Waals surface area contributed by atoms with Crippen LogP contribution in [0.1, 0.15) is 5.56 Å². The topological polar surface area (TPSA) is 81.3 Å². The molecule has 3 aromatic rings. The van der Waals surface area contributed by atoms with Crippen molar-refractivity contribution in [3.8, 4) is 5.75 Å². The van der Waals surface area contributed by atoms with Crippen LogP contribution in [0.15, 0.2) is 55.2 Å². The molecule has 0 spiro atoms. The second-order valence-electron chi connectivity index (χ2n) is 6.72. The summed E-state index contributed by atoms with van der Waals surface area (Å²) in [6.07, 6.45) is 0. The Labute approximate surface area is 166 Å². The van der Waals surface area contributed by atoms with E-state index in [4.69, 9.17) is 9.15 Å². The number of benzene rings is 1. The number of nitrogens with zero attached hydrogens (tertiary/aromatic N) is 1. The highest BCUT2D eigenvalue weighted by Crippen LogP contribution is 2.23. The van der Waals surface area contributed by atoms with Gasteiger partial charge < -0.3 is 14.1 Å². The molecule has 1 saturated heterocycles. The van der Waals surface area contributed by atoms with E-state index in [2.05, 4.69) is 0 Å². The summed E-state index contributed by atoms with van der Waals surface area (Å²) in [6, 6.07) is 10.4. The first-order chi connectivity index (χ1) is 13.5. The molecule has 0 bridgehead atoms. The van der Waals surface area contributed by atoms with E-state index in [1.807, 2.05) is 12.1 Å². The predicted molar refractivity (Wildman–Crippen MR) is 107 cm³/mol. The Kier molecular flexibility index (Phi) is 5.24. The minimum Gasteiger partial charge on any atom is -0.497 e. The van der Waals surface area contributed by atoms with Crippen molar-refractivity contribution in [2.45, 2.75) is 10.8 Å². The van der Waals surface area contributed by atoms with Crippen LogP contribution in [0.5, 0.6) is 5.75 Å². The molecule has 1 fully saturated rings. The van der Waals surface area contributed by atoms with Crippen LogP contribution in [-0.2, 0) is 16.6 Å². The van der Waals surface area contributed by atoms with Crippen molar-refractivity contribution in [1.82, 2.24) is 4.31 Å². The van der Waals surface area contributed by atoms with Gasteiger partial charge in [0.25, 0.3) is 10.0 Å². The Morgan fingerprint density at radius 3 is 2.68 bits per heavy atom. The average molecular weight is 422 g/mol. The first-order valence-electron chi connectivity index (χ1n) is 8.95. The summed E-state index contributed by atoms with van der Waals surface area (Å²) in [5, 5.41) is 2.65. The summed E-state index contributed by atoms with van der Waals surface area (Å²) in [5.74, 6) is 0.632. The minimum absolute atomic E-state index is 0.386. The van der Waals surface area contributed by atoms with Crippen molar-refractivity contribution in [3.63, 3.8) is 0 Å². The summed E-state index contributed by atoms with van der Waals surface area (Å²) in [5.41, 5.74) is 1.01. The number of piperazine rings is 1. The molecule has 0 radical (unpaired) electrons. The van der Waals surface area contributed by atoms with Crippen molar-refractivity contribution in [2.24, 2.45) is 0 Å². The fourth-order valence-corrected chi connectivity index (χ4v) is 6.10. The molecule has 1 N–H and O–H groups in total. The third kappa shape index (κ3) is 3.70. The van der Waals surface area contributed by atoms with Gasteiger partial charge in [0.2, 0.25) is 0 Å². The lowest BCUT2D eigenvalue weighted by Gasteiger charge is -2.31. The number of hydrogen-bond donors (Lipinski definition) is 1. The third-order valence-corrected chi connectivity index (χ3v) is 8.27. The number of thiophene rings is 1. The lowest BCUT2D eigenvalue weighted by atomic mass is 10.1. The van der Waals surface area contributed by atoms with Crippen LogP contribution in [0.4, 0.5) is 0 Å². The highest BCUT2D eigenvalue weighted by molar-refractivity contribution is 7.91. The quantitative estimate of drug-likeness (QED) is 0.621. The Balaban J connectivity index is 1.50. The molecule has 0 amide bonds. The zero-order valence-corrected chi connectivity index (χ0v) is 17.0. The van der Waals surface area contributed by atoms with Gasteiger partial charge in [0.1, 0.15) is 22.1 Å². The van der Waals surface area contributed by atoms with Gasteiger partial charge in [-0.25, -0.2) is 13.2 Å². The third-order valence-electron chi connectivity index (χ3n) is 5.00. The molecule has 2 aromatic heterocycles. The Hall–Kier alpha value is -2.20. The van der Waals surface area contributed by atoms with Gasteiger partial charge in [-0.05, 0) is 23.6 Å². The fourth-order valence-electron chi connectivity index (χ4n) is 3.51. The van der Waals surface area contributed by atoms with Gasteiger partial charge in [0, 0.05) is 23.1 Å². The van der Waals surface area contributed by atoms with Crippen molar-refractivity contribution in [3.05, 3.63) is 57.8 Å². The number of sulfonamides is 1. The molecule has 4 rings (SSSR count). The largest absolute Gasteiger partial charge is 0.497 e. The highest BCUT2D eigenvalue weighted by atomic mass is 32.2. The maximum atomic E-state index is 12.7. The lowest BCUT2D eigenvalue weighted by molar-refractivity contribution is -0.917. The van der Waals surface area contributed by atoms with E-state index < -0.39 is 15.6 Å². The summed E-state index contributed by atoms with van der Waals surface area (Å²) in [7, 11) is -1.84. The molecule has 0 saturated carbocycles. The molecule has 0 atom stereocenters. The maximum absolute atomic E-state index is 12.7. The predicted octanol–water partition coefficient (Wildman–Crippen LogP) is 0.952. The SMILES string of the molecule is COc1ccc2c(C[NH+]3CCN(S(=O)(=O)c4cccs4)CC3)cc(=O)oc2c1. The molecule has 148 valence electrons. The number of nitrogens with one attached hydrogen (secondary N) is 1. The first kappa shape index (κ1) is 19.1. The normalized spacial score (nSPS) is 16.5. The standard InChI is InChI=1S/C19H20N2O5S2/c1-25-15-4-5-16-14(11-18(22)26-17(16)12-15)13-20-6-8-21(9-7-20)28(23,24)19-3-2-10-27-19/h2-5,10-12H,6-9,13H2,1H3/p+1. The Morgan fingerprint density at radius 1 is 1.21 bits per heavy atom.